The summed E-state index contributed by atoms with van der Waals surface area (Å²) in [7, 11) is 1.48. The summed E-state index contributed by atoms with van der Waals surface area (Å²) in [4.78, 5) is 23.6. The fraction of sp³-hybridized carbons (Fsp3) is 0.333. The summed E-state index contributed by atoms with van der Waals surface area (Å²) in [5.41, 5.74) is -0.715. The topological polar surface area (TPSA) is 57.6 Å². The van der Waals surface area contributed by atoms with Crippen LogP contribution >= 0.6 is 15.9 Å². The minimum absolute atomic E-state index is 0.305. The molecule has 1 amide bonds. The molecule has 0 saturated carbocycles. The number of hydrogen-bond donors (Lipinski definition) is 1. The smallest absolute Gasteiger partial charge is 0.334 e. The molecule has 4 nitrogen and oxygen atoms in total. The van der Waals surface area contributed by atoms with Gasteiger partial charge in [-0.15, -0.1) is 0 Å². The molecule has 0 heterocycles. The van der Waals surface area contributed by atoms with E-state index in [2.05, 4.69) is 15.9 Å². The van der Waals surface area contributed by atoms with Gasteiger partial charge in [-0.1, -0.05) is 35.0 Å². The van der Waals surface area contributed by atoms with E-state index in [1.807, 2.05) is 0 Å². The fourth-order valence-electron chi connectivity index (χ4n) is 1.90. The number of benzene rings is 1. The van der Waals surface area contributed by atoms with Crippen LogP contribution in [0.2, 0.25) is 0 Å². The molecule has 1 rings (SSSR count). The number of likely N-dealkylation sites (N-methyl/N-ethyl adjacent to an activating group) is 1. The Hall–Kier alpha value is -1.36. The summed E-state index contributed by atoms with van der Waals surface area (Å²) in [6, 6.07) is 6.95. The van der Waals surface area contributed by atoms with Gasteiger partial charge in [0.05, 0.1) is 0 Å². The Balaban J connectivity index is 3.36. The molecule has 0 radical (unpaired) electrons. The van der Waals surface area contributed by atoms with Crippen molar-refractivity contribution in [1.29, 1.82) is 0 Å². The lowest BCUT2D eigenvalue weighted by Gasteiger charge is -2.35. The number of halogens is 1. The van der Waals surface area contributed by atoms with Crippen LogP contribution in [-0.2, 0) is 15.1 Å². The van der Waals surface area contributed by atoms with Crippen molar-refractivity contribution in [2.45, 2.75) is 18.9 Å². The average Bonchev–Trinajstić information content (AvgIpc) is 2.32. The van der Waals surface area contributed by atoms with E-state index in [1.54, 1.807) is 31.2 Å². The van der Waals surface area contributed by atoms with E-state index in [9.17, 15) is 14.7 Å². The summed E-state index contributed by atoms with van der Waals surface area (Å²) in [6.45, 7) is 1.75. The SMILES string of the molecule is CCC(C(=O)O)(c1ccc(Br)cc1)N(C)C=O. The molecular weight excluding hydrogens is 286 g/mol. The van der Waals surface area contributed by atoms with Crippen LogP contribution in [0.5, 0.6) is 0 Å². The van der Waals surface area contributed by atoms with Crippen molar-refractivity contribution < 1.29 is 14.7 Å². The first-order valence-corrected chi connectivity index (χ1v) is 5.96. The van der Waals surface area contributed by atoms with Gasteiger partial charge in [-0.05, 0) is 24.1 Å². The standard InChI is InChI=1S/C12H14BrNO3/c1-3-12(11(16)17,14(2)8-15)9-4-6-10(13)7-5-9/h4-8H,3H2,1-2H3,(H,16,17). The fourth-order valence-corrected chi connectivity index (χ4v) is 2.16. The first kappa shape index (κ1) is 13.7. The predicted molar refractivity (Wildman–Crippen MR) is 67.6 cm³/mol. The van der Waals surface area contributed by atoms with Crippen LogP contribution in [0.25, 0.3) is 0 Å². The summed E-state index contributed by atoms with van der Waals surface area (Å²) in [5, 5.41) is 9.44. The minimum atomic E-state index is -1.30. The third kappa shape index (κ3) is 2.34. The highest BCUT2D eigenvalue weighted by Crippen LogP contribution is 2.31. The Bertz CT molecular complexity index is 418. The quantitative estimate of drug-likeness (QED) is 0.848. The van der Waals surface area contributed by atoms with Crippen molar-refractivity contribution in [3.63, 3.8) is 0 Å². The largest absolute Gasteiger partial charge is 0.479 e. The summed E-state index contributed by atoms with van der Waals surface area (Å²) >= 11 is 3.29. The number of aliphatic carboxylic acids is 1. The normalized spacial score (nSPS) is 13.8. The molecule has 0 fully saturated rings. The van der Waals surface area contributed by atoms with Gasteiger partial charge >= 0.3 is 5.97 Å². The molecule has 0 aliphatic heterocycles. The van der Waals surface area contributed by atoms with Gasteiger partial charge in [0, 0.05) is 11.5 Å². The highest BCUT2D eigenvalue weighted by atomic mass is 79.9. The minimum Gasteiger partial charge on any atom is -0.479 e. The zero-order valence-electron chi connectivity index (χ0n) is 9.68. The van der Waals surface area contributed by atoms with Crippen LogP contribution in [0, 0.1) is 0 Å². The number of carboxylic acids is 1. The maximum absolute atomic E-state index is 11.5. The summed E-state index contributed by atoms with van der Waals surface area (Å²) < 4.78 is 0.866. The molecular formula is C12H14BrNO3. The number of amides is 1. The van der Waals surface area contributed by atoms with Gasteiger partial charge in [-0.3, -0.25) is 4.79 Å². The Labute approximate surface area is 108 Å². The van der Waals surface area contributed by atoms with E-state index < -0.39 is 11.5 Å². The van der Waals surface area contributed by atoms with Gasteiger partial charge in [-0.2, -0.15) is 0 Å². The maximum Gasteiger partial charge on any atom is 0.334 e. The van der Waals surface area contributed by atoms with Gasteiger partial charge in [-0.25, -0.2) is 4.79 Å². The van der Waals surface area contributed by atoms with Crippen molar-refractivity contribution in [2.75, 3.05) is 7.05 Å². The molecule has 1 atom stereocenters. The first-order chi connectivity index (χ1) is 7.98. The van der Waals surface area contributed by atoms with Crippen LogP contribution in [0.4, 0.5) is 0 Å². The molecule has 0 bridgehead atoms. The van der Waals surface area contributed by atoms with Gasteiger partial charge in [0.1, 0.15) is 0 Å². The monoisotopic (exact) mass is 299 g/mol. The number of rotatable bonds is 5. The summed E-state index contributed by atoms with van der Waals surface area (Å²) in [6.07, 6.45) is 0.846. The Morgan fingerprint density at radius 3 is 2.35 bits per heavy atom. The molecule has 0 aliphatic carbocycles. The number of carbonyl (C=O) groups excluding carboxylic acids is 1. The molecule has 5 heteroatoms. The Morgan fingerprint density at radius 1 is 1.47 bits per heavy atom. The van der Waals surface area contributed by atoms with Crippen LogP contribution < -0.4 is 0 Å². The molecule has 1 aromatic rings. The average molecular weight is 300 g/mol. The molecule has 0 spiro atoms. The van der Waals surface area contributed by atoms with E-state index in [1.165, 1.54) is 11.9 Å². The lowest BCUT2D eigenvalue weighted by Crippen LogP contribution is -2.49. The zero-order valence-corrected chi connectivity index (χ0v) is 11.3. The van der Waals surface area contributed by atoms with E-state index >= 15 is 0 Å². The van der Waals surface area contributed by atoms with Crippen molar-refractivity contribution in [3.05, 3.63) is 34.3 Å². The second-order valence-electron chi connectivity index (χ2n) is 3.74. The van der Waals surface area contributed by atoms with E-state index in [0.717, 1.165) is 4.47 Å². The van der Waals surface area contributed by atoms with E-state index in [0.29, 0.717) is 18.4 Å². The number of nitrogens with zero attached hydrogens (tertiary/aromatic N) is 1. The van der Waals surface area contributed by atoms with Crippen LogP contribution in [0.15, 0.2) is 28.7 Å². The van der Waals surface area contributed by atoms with Gasteiger partial charge in [0.2, 0.25) is 6.41 Å². The molecule has 0 aliphatic rings. The van der Waals surface area contributed by atoms with Crippen LogP contribution in [0.3, 0.4) is 0 Å². The first-order valence-electron chi connectivity index (χ1n) is 5.16. The van der Waals surface area contributed by atoms with Crippen molar-refractivity contribution in [3.8, 4) is 0 Å². The lowest BCUT2D eigenvalue weighted by atomic mass is 9.86. The molecule has 17 heavy (non-hydrogen) atoms. The van der Waals surface area contributed by atoms with E-state index in [-0.39, 0.29) is 0 Å². The lowest BCUT2D eigenvalue weighted by molar-refractivity contribution is -0.155. The van der Waals surface area contributed by atoms with E-state index in [4.69, 9.17) is 0 Å². The van der Waals surface area contributed by atoms with Gasteiger partial charge in [0.25, 0.3) is 0 Å². The van der Waals surface area contributed by atoms with Crippen molar-refractivity contribution in [2.24, 2.45) is 0 Å². The third-order valence-corrected chi connectivity index (χ3v) is 3.48. The highest BCUT2D eigenvalue weighted by Gasteiger charge is 2.42. The summed E-state index contributed by atoms with van der Waals surface area (Å²) in [5.74, 6) is -1.03. The molecule has 0 saturated heterocycles. The van der Waals surface area contributed by atoms with Crippen molar-refractivity contribution in [1.82, 2.24) is 4.90 Å². The van der Waals surface area contributed by atoms with Gasteiger partial charge in [0.15, 0.2) is 5.54 Å². The number of hydrogen-bond acceptors (Lipinski definition) is 2. The second kappa shape index (κ2) is 5.31. The zero-order chi connectivity index (χ0) is 13.1. The second-order valence-corrected chi connectivity index (χ2v) is 4.66. The third-order valence-electron chi connectivity index (χ3n) is 2.95. The van der Waals surface area contributed by atoms with Crippen molar-refractivity contribution >= 4 is 28.3 Å². The maximum atomic E-state index is 11.5. The highest BCUT2D eigenvalue weighted by molar-refractivity contribution is 9.10. The molecule has 1 aromatic carbocycles. The Morgan fingerprint density at radius 2 is 2.00 bits per heavy atom. The number of carbonyl (C=O) groups is 2. The Kier molecular flexibility index (Phi) is 4.28. The molecule has 92 valence electrons. The van der Waals surface area contributed by atoms with Crippen LogP contribution in [0.1, 0.15) is 18.9 Å². The molecule has 1 N–H and O–H groups in total. The van der Waals surface area contributed by atoms with Crippen LogP contribution in [-0.4, -0.2) is 29.4 Å². The molecule has 0 aromatic heterocycles. The molecule has 1 unspecified atom stereocenters. The number of carboxylic acid groups (broad SMARTS) is 1. The van der Waals surface area contributed by atoms with Gasteiger partial charge < -0.3 is 10.0 Å². The predicted octanol–water partition coefficient (Wildman–Crippen LogP) is 2.23.